The van der Waals surface area contributed by atoms with E-state index < -0.39 is 0 Å². The van der Waals surface area contributed by atoms with Crippen LogP contribution in [0, 0.1) is 0 Å². The number of esters is 1. The first-order valence-electron chi connectivity index (χ1n) is 7.79. The van der Waals surface area contributed by atoms with Crippen LogP contribution in [0.4, 0.5) is 0 Å². The Bertz CT molecular complexity index is 473. The van der Waals surface area contributed by atoms with Crippen molar-refractivity contribution in [3.8, 4) is 0 Å². The van der Waals surface area contributed by atoms with E-state index in [4.69, 9.17) is 4.74 Å². The molecule has 1 aromatic carbocycles. The lowest BCUT2D eigenvalue weighted by Crippen LogP contribution is -2.34. The Kier molecular flexibility index (Phi) is 8.82. The Hall–Kier alpha value is -1.36. The fraction of sp³-hybridized carbons (Fsp3) is 0.529. The highest BCUT2D eigenvalue weighted by Crippen LogP contribution is 2.13. The molecule has 0 aliphatic carbocycles. The van der Waals surface area contributed by atoms with Crippen LogP contribution in [-0.4, -0.2) is 36.5 Å². The Morgan fingerprint density at radius 1 is 1.09 bits per heavy atom. The molecule has 0 atom stereocenters. The zero-order chi connectivity index (χ0) is 16.4. The third kappa shape index (κ3) is 6.60. The summed E-state index contributed by atoms with van der Waals surface area (Å²) in [6, 6.07) is 7.29. The number of ether oxygens (including phenoxy) is 1. The van der Waals surface area contributed by atoms with Gasteiger partial charge in [0, 0.05) is 23.1 Å². The Morgan fingerprint density at radius 3 is 2.36 bits per heavy atom. The van der Waals surface area contributed by atoms with Gasteiger partial charge in [0.05, 0.1) is 13.0 Å². The quantitative estimate of drug-likeness (QED) is 0.487. The summed E-state index contributed by atoms with van der Waals surface area (Å²) in [6.45, 7) is 5.35. The number of carbonyl (C=O) groups is 2. The van der Waals surface area contributed by atoms with E-state index in [1.165, 1.54) is 0 Å². The van der Waals surface area contributed by atoms with Gasteiger partial charge in [0.15, 0.2) is 0 Å². The third-order valence-corrected chi connectivity index (χ3v) is 3.83. The topological polar surface area (TPSA) is 46.6 Å². The van der Waals surface area contributed by atoms with Gasteiger partial charge < -0.3 is 9.64 Å². The highest BCUT2D eigenvalue weighted by Gasteiger charge is 2.16. The van der Waals surface area contributed by atoms with Crippen molar-refractivity contribution in [2.45, 2.75) is 39.5 Å². The van der Waals surface area contributed by atoms with E-state index in [9.17, 15) is 9.59 Å². The zero-order valence-electron chi connectivity index (χ0n) is 13.3. The summed E-state index contributed by atoms with van der Waals surface area (Å²) in [4.78, 5) is 25.8. The van der Waals surface area contributed by atoms with Gasteiger partial charge in [-0.1, -0.05) is 35.7 Å². The van der Waals surface area contributed by atoms with Crippen LogP contribution in [0.1, 0.15) is 49.9 Å². The van der Waals surface area contributed by atoms with Gasteiger partial charge in [0.1, 0.15) is 0 Å². The van der Waals surface area contributed by atoms with E-state index in [2.05, 4.69) is 22.9 Å². The molecule has 0 spiro atoms. The van der Waals surface area contributed by atoms with Crippen molar-refractivity contribution in [3.63, 3.8) is 0 Å². The van der Waals surface area contributed by atoms with E-state index in [0.29, 0.717) is 25.3 Å². The van der Waals surface area contributed by atoms with E-state index in [1.54, 1.807) is 24.0 Å². The number of nitrogens with zero attached hydrogens (tertiary/aromatic N) is 1. The van der Waals surface area contributed by atoms with Gasteiger partial charge >= 0.3 is 5.97 Å². The fourth-order valence-corrected chi connectivity index (χ4v) is 2.37. The maximum Gasteiger partial charge on any atom is 0.307 e. The van der Waals surface area contributed by atoms with Crippen molar-refractivity contribution in [2.24, 2.45) is 0 Å². The predicted molar refractivity (Wildman–Crippen MR) is 90.8 cm³/mol. The first-order chi connectivity index (χ1) is 10.6. The molecular weight excluding hydrogens is 346 g/mol. The zero-order valence-corrected chi connectivity index (χ0v) is 14.9. The van der Waals surface area contributed by atoms with Crippen LogP contribution in [0.5, 0.6) is 0 Å². The van der Waals surface area contributed by atoms with Gasteiger partial charge in [0.25, 0.3) is 5.91 Å². The van der Waals surface area contributed by atoms with Crippen LogP contribution in [-0.2, 0) is 9.53 Å². The van der Waals surface area contributed by atoms with Crippen LogP contribution in [0.3, 0.4) is 0 Å². The van der Waals surface area contributed by atoms with Crippen molar-refractivity contribution in [2.75, 3.05) is 19.7 Å². The molecule has 0 unspecified atom stereocenters. The molecule has 1 rings (SSSR count). The maximum atomic E-state index is 12.6. The average molecular weight is 370 g/mol. The number of carbonyl (C=O) groups excluding carboxylic acids is 2. The molecule has 4 nitrogen and oxygen atoms in total. The molecule has 0 saturated heterocycles. The number of rotatable bonds is 9. The van der Waals surface area contributed by atoms with Gasteiger partial charge in [-0.2, -0.15) is 0 Å². The maximum absolute atomic E-state index is 12.6. The summed E-state index contributed by atoms with van der Waals surface area (Å²) in [6.07, 6.45) is 3.35. The molecule has 1 amide bonds. The van der Waals surface area contributed by atoms with Gasteiger partial charge in [-0.15, -0.1) is 0 Å². The lowest BCUT2D eigenvalue weighted by molar-refractivity contribution is -0.143. The highest BCUT2D eigenvalue weighted by atomic mass is 79.9. The summed E-state index contributed by atoms with van der Waals surface area (Å²) in [5.41, 5.74) is 0.642. The van der Waals surface area contributed by atoms with E-state index >= 15 is 0 Å². The second-order valence-corrected chi connectivity index (χ2v) is 5.98. The monoisotopic (exact) mass is 369 g/mol. The standard InChI is InChI=1S/C17H24BrNO3/c1-3-5-6-12-19(13-11-16(20)22-4-2)17(21)14-7-9-15(18)10-8-14/h7-10H,3-6,11-13H2,1-2H3. The van der Waals surface area contributed by atoms with Gasteiger partial charge in [-0.25, -0.2) is 0 Å². The molecule has 122 valence electrons. The molecule has 0 fully saturated rings. The SMILES string of the molecule is CCCCCN(CCC(=O)OCC)C(=O)c1ccc(Br)cc1. The molecule has 1 aromatic rings. The minimum Gasteiger partial charge on any atom is -0.466 e. The van der Waals surface area contributed by atoms with Crippen LogP contribution in [0.25, 0.3) is 0 Å². The molecule has 5 heteroatoms. The summed E-state index contributed by atoms with van der Waals surface area (Å²) in [7, 11) is 0. The van der Waals surface area contributed by atoms with E-state index in [0.717, 1.165) is 23.7 Å². The second-order valence-electron chi connectivity index (χ2n) is 5.06. The Labute approximate surface area is 141 Å². The average Bonchev–Trinajstić information content (AvgIpc) is 2.51. The van der Waals surface area contributed by atoms with Gasteiger partial charge in [0.2, 0.25) is 0 Å². The number of halogens is 1. The van der Waals surface area contributed by atoms with Crippen molar-refractivity contribution >= 4 is 27.8 Å². The molecular formula is C17H24BrNO3. The van der Waals surface area contributed by atoms with Gasteiger partial charge in [-0.3, -0.25) is 9.59 Å². The lowest BCUT2D eigenvalue weighted by atomic mass is 10.1. The normalized spacial score (nSPS) is 10.3. The van der Waals surface area contributed by atoms with Crippen LogP contribution < -0.4 is 0 Å². The van der Waals surface area contributed by atoms with Crippen molar-refractivity contribution in [3.05, 3.63) is 34.3 Å². The number of amides is 1. The minimum atomic E-state index is -0.258. The van der Waals surface area contributed by atoms with Crippen molar-refractivity contribution in [1.82, 2.24) is 4.90 Å². The summed E-state index contributed by atoms with van der Waals surface area (Å²) in [5.74, 6) is -0.292. The van der Waals surface area contributed by atoms with Crippen LogP contribution in [0.15, 0.2) is 28.7 Å². The molecule has 22 heavy (non-hydrogen) atoms. The predicted octanol–water partition coefficient (Wildman–Crippen LogP) is 4.03. The lowest BCUT2D eigenvalue weighted by Gasteiger charge is -2.22. The Balaban J connectivity index is 2.68. The van der Waals surface area contributed by atoms with Gasteiger partial charge in [-0.05, 0) is 37.6 Å². The smallest absolute Gasteiger partial charge is 0.307 e. The Morgan fingerprint density at radius 2 is 1.77 bits per heavy atom. The molecule has 0 aliphatic rings. The molecule has 0 heterocycles. The molecule has 0 radical (unpaired) electrons. The van der Waals surface area contributed by atoms with Crippen LogP contribution >= 0.6 is 15.9 Å². The number of benzene rings is 1. The third-order valence-electron chi connectivity index (χ3n) is 3.30. The summed E-state index contributed by atoms with van der Waals surface area (Å²) in [5, 5.41) is 0. The highest BCUT2D eigenvalue weighted by molar-refractivity contribution is 9.10. The molecule has 0 bridgehead atoms. The fourth-order valence-electron chi connectivity index (χ4n) is 2.10. The van der Waals surface area contributed by atoms with Crippen molar-refractivity contribution < 1.29 is 14.3 Å². The summed E-state index contributed by atoms with van der Waals surface area (Å²) < 4.78 is 5.87. The van der Waals surface area contributed by atoms with E-state index in [-0.39, 0.29) is 18.3 Å². The van der Waals surface area contributed by atoms with E-state index in [1.807, 2.05) is 12.1 Å². The summed E-state index contributed by atoms with van der Waals surface area (Å²) >= 11 is 3.36. The molecule has 0 saturated carbocycles. The number of unbranched alkanes of at least 4 members (excludes halogenated alkanes) is 2. The molecule has 0 aromatic heterocycles. The second kappa shape index (κ2) is 10.4. The number of hydrogen-bond acceptors (Lipinski definition) is 3. The number of hydrogen-bond donors (Lipinski definition) is 0. The van der Waals surface area contributed by atoms with Crippen LogP contribution in [0.2, 0.25) is 0 Å². The largest absolute Gasteiger partial charge is 0.466 e. The minimum absolute atomic E-state index is 0.0344. The first kappa shape index (κ1) is 18.7. The molecule has 0 N–H and O–H groups in total. The van der Waals surface area contributed by atoms with Crippen molar-refractivity contribution in [1.29, 1.82) is 0 Å². The first-order valence-corrected chi connectivity index (χ1v) is 8.58. The molecule has 0 aliphatic heterocycles.